The fourth-order valence-electron chi connectivity index (χ4n) is 3.70. The second-order valence-corrected chi connectivity index (χ2v) is 8.03. The molecule has 0 unspecified atom stereocenters. The number of hydrogen-bond acceptors (Lipinski definition) is 4. The summed E-state index contributed by atoms with van der Waals surface area (Å²) in [5, 5.41) is 6.62. The largest absolute Gasteiger partial charge is 0.456 e. The van der Waals surface area contributed by atoms with Gasteiger partial charge < -0.3 is 9.73 Å². The van der Waals surface area contributed by atoms with Crippen molar-refractivity contribution >= 4 is 54.3 Å². The number of aromatic nitrogens is 1. The van der Waals surface area contributed by atoms with Crippen LogP contribution in [0.4, 0.5) is 10.8 Å². The van der Waals surface area contributed by atoms with Crippen LogP contribution >= 0.6 is 11.3 Å². The number of para-hydroxylation sites is 2. The molecule has 0 atom stereocenters. The van der Waals surface area contributed by atoms with Crippen LogP contribution in [0.1, 0.15) is 0 Å². The summed E-state index contributed by atoms with van der Waals surface area (Å²) >= 11 is 1.66. The Labute approximate surface area is 171 Å². The predicted molar refractivity (Wildman–Crippen MR) is 122 cm³/mol. The summed E-state index contributed by atoms with van der Waals surface area (Å²) in [5.74, 6) is 0. The average molecular weight is 392 g/mol. The minimum atomic E-state index is 0.908. The number of anilines is 2. The fourth-order valence-corrected chi connectivity index (χ4v) is 4.59. The Bertz CT molecular complexity index is 1440. The number of nitrogens with one attached hydrogen (secondary N) is 1. The van der Waals surface area contributed by atoms with Gasteiger partial charge in [-0.15, -0.1) is 0 Å². The SMILES string of the molecule is c1ccc2sc(Nc3ccc(-c4ccc5oc6ccccc6c5c4)cc3)nc2c1. The topological polar surface area (TPSA) is 38.1 Å². The Morgan fingerprint density at radius 2 is 1.45 bits per heavy atom. The highest BCUT2D eigenvalue weighted by Gasteiger charge is 2.08. The normalized spacial score (nSPS) is 11.4. The first-order chi connectivity index (χ1) is 14.3. The van der Waals surface area contributed by atoms with Gasteiger partial charge in [-0.05, 0) is 53.6 Å². The molecule has 0 aliphatic rings. The van der Waals surface area contributed by atoms with E-state index in [1.807, 2.05) is 36.4 Å². The maximum absolute atomic E-state index is 5.94. The molecule has 0 spiro atoms. The van der Waals surface area contributed by atoms with Crippen LogP contribution in [0.2, 0.25) is 0 Å². The van der Waals surface area contributed by atoms with Crippen LogP contribution in [0.3, 0.4) is 0 Å². The van der Waals surface area contributed by atoms with Gasteiger partial charge in [0.05, 0.1) is 10.2 Å². The van der Waals surface area contributed by atoms with Crippen molar-refractivity contribution in [1.29, 1.82) is 0 Å². The molecule has 0 saturated carbocycles. The van der Waals surface area contributed by atoms with E-state index in [-0.39, 0.29) is 0 Å². The van der Waals surface area contributed by atoms with Gasteiger partial charge in [-0.1, -0.05) is 59.9 Å². The Morgan fingerprint density at radius 3 is 2.34 bits per heavy atom. The second-order valence-electron chi connectivity index (χ2n) is 7.00. The van der Waals surface area contributed by atoms with E-state index in [2.05, 4.69) is 64.9 Å². The number of nitrogens with zero attached hydrogens (tertiary/aromatic N) is 1. The highest BCUT2D eigenvalue weighted by molar-refractivity contribution is 7.22. The molecule has 0 fully saturated rings. The Balaban J connectivity index is 1.32. The Kier molecular flexibility index (Phi) is 3.64. The molecular formula is C25H16N2OS. The first-order valence-electron chi connectivity index (χ1n) is 9.48. The zero-order chi connectivity index (χ0) is 19.2. The number of fused-ring (bicyclic) bond motifs is 4. The number of furan rings is 1. The standard InChI is InChI=1S/C25H16N2OS/c1-3-7-22-19(5-1)20-15-17(11-14-23(20)28-22)16-9-12-18(13-10-16)26-25-27-21-6-2-4-8-24(21)29-25/h1-15H,(H,26,27). The summed E-state index contributed by atoms with van der Waals surface area (Å²) in [7, 11) is 0. The van der Waals surface area contributed by atoms with Crippen molar-refractivity contribution in [1.82, 2.24) is 4.98 Å². The first-order valence-corrected chi connectivity index (χ1v) is 10.3. The van der Waals surface area contributed by atoms with Crippen LogP contribution < -0.4 is 5.32 Å². The van der Waals surface area contributed by atoms with Crippen molar-refractivity contribution < 1.29 is 4.42 Å². The third kappa shape index (κ3) is 2.85. The van der Waals surface area contributed by atoms with Gasteiger partial charge >= 0.3 is 0 Å². The van der Waals surface area contributed by atoms with Gasteiger partial charge in [0.25, 0.3) is 0 Å². The summed E-state index contributed by atoms with van der Waals surface area (Å²) in [6.45, 7) is 0. The molecule has 3 nitrogen and oxygen atoms in total. The predicted octanol–water partition coefficient (Wildman–Crippen LogP) is 7.61. The minimum Gasteiger partial charge on any atom is -0.456 e. The average Bonchev–Trinajstić information content (AvgIpc) is 3.34. The van der Waals surface area contributed by atoms with E-state index in [1.165, 1.54) is 15.8 Å². The lowest BCUT2D eigenvalue weighted by Gasteiger charge is -2.05. The third-order valence-electron chi connectivity index (χ3n) is 5.14. The van der Waals surface area contributed by atoms with Crippen LogP contribution in [-0.4, -0.2) is 4.98 Å². The van der Waals surface area contributed by atoms with Gasteiger partial charge in [0.15, 0.2) is 5.13 Å². The molecule has 0 saturated heterocycles. The molecule has 4 aromatic carbocycles. The van der Waals surface area contributed by atoms with Crippen LogP contribution in [0.5, 0.6) is 0 Å². The zero-order valence-corrected chi connectivity index (χ0v) is 16.2. The molecule has 29 heavy (non-hydrogen) atoms. The molecule has 0 amide bonds. The van der Waals surface area contributed by atoms with Crippen molar-refractivity contribution in [3.63, 3.8) is 0 Å². The lowest BCUT2D eigenvalue weighted by molar-refractivity contribution is 0.669. The van der Waals surface area contributed by atoms with E-state index >= 15 is 0 Å². The Hall–Kier alpha value is -3.63. The van der Waals surface area contributed by atoms with E-state index in [0.29, 0.717) is 0 Å². The van der Waals surface area contributed by atoms with E-state index < -0.39 is 0 Å². The molecule has 0 aliphatic heterocycles. The van der Waals surface area contributed by atoms with Crippen molar-refractivity contribution in [3.05, 3.63) is 91.0 Å². The summed E-state index contributed by atoms with van der Waals surface area (Å²) in [5.41, 5.74) is 6.25. The number of rotatable bonds is 3. The molecule has 138 valence electrons. The summed E-state index contributed by atoms with van der Waals surface area (Å²) in [6.07, 6.45) is 0. The molecule has 4 heteroatoms. The van der Waals surface area contributed by atoms with E-state index in [9.17, 15) is 0 Å². The maximum atomic E-state index is 5.94. The quantitative estimate of drug-likeness (QED) is 0.337. The molecule has 0 aliphatic carbocycles. The number of benzene rings is 4. The van der Waals surface area contributed by atoms with Gasteiger partial charge in [-0.3, -0.25) is 0 Å². The highest BCUT2D eigenvalue weighted by Crippen LogP contribution is 2.33. The highest BCUT2D eigenvalue weighted by atomic mass is 32.1. The summed E-state index contributed by atoms with van der Waals surface area (Å²) in [6, 6.07) is 31.2. The molecule has 0 radical (unpaired) electrons. The molecule has 6 rings (SSSR count). The van der Waals surface area contributed by atoms with Crippen LogP contribution in [0.25, 0.3) is 43.3 Å². The van der Waals surface area contributed by atoms with Crippen molar-refractivity contribution in [2.45, 2.75) is 0 Å². The van der Waals surface area contributed by atoms with Crippen LogP contribution in [0, 0.1) is 0 Å². The molecule has 2 heterocycles. The van der Waals surface area contributed by atoms with Gasteiger partial charge in [0, 0.05) is 16.5 Å². The zero-order valence-electron chi connectivity index (χ0n) is 15.4. The third-order valence-corrected chi connectivity index (χ3v) is 6.09. The summed E-state index contributed by atoms with van der Waals surface area (Å²) in [4.78, 5) is 4.64. The second kappa shape index (κ2) is 6.47. The lowest BCUT2D eigenvalue weighted by Crippen LogP contribution is -1.89. The molecule has 0 bridgehead atoms. The smallest absolute Gasteiger partial charge is 0.188 e. The van der Waals surface area contributed by atoms with E-state index in [0.717, 1.165) is 38.3 Å². The van der Waals surface area contributed by atoms with E-state index in [1.54, 1.807) is 11.3 Å². The van der Waals surface area contributed by atoms with Gasteiger partial charge in [0.1, 0.15) is 11.2 Å². The van der Waals surface area contributed by atoms with Crippen molar-refractivity contribution in [2.24, 2.45) is 0 Å². The Morgan fingerprint density at radius 1 is 0.690 bits per heavy atom. The molecule has 1 N–H and O–H groups in total. The van der Waals surface area contributed by atoms with Gasteiger partial charge in [0.2, 0.25) is 0 Å². The van der Waals surface area contributed by atoms with Gasteiger partial charge in [-0.25, -0.2) is 4.98 Å². The van der Waals surface area contributed by atoms with Crippen molar-refractivity contribution in [2.75, 3.05) is 5.32 Å². The maximum Gasteiger partial charge on any atom is 0.188 e. The van der Waals surface area contributed by atoms with Crippen LogP contribution in [-0.2, 0) is 0 Å². The minimum absolute atomic E-state index is 0.908. The lowest BCUT2D eigenvalue weighted by atomic mass is 10.0. The fraction of sp³-hybridized carbons (Fsp3) is 0. The molecule has 6 aromatic rings. The summed E-state index contributed by atoms with van der Waals surface area (Å²) < 4.78 is 7.13. The molecular weight excluding hydrogens is 376 g/mol. The van der Waals surface area contributed by atoms with E-state index in [4.69, 9.17) is 4.42 Å². The number of hydrogen-bond donors (Lipinski definition) is 1. The van der Waals surface area contributed by atoms with Gasteiger partial charge in [-0.2, -0.15) is 0 Å². The van der Waals surface area contributed by atoms with Crippen molar-refractivity contribution in [3.8, 4) is 11.1 Å². The number of thiazole rings is 1. The molecule has 2 aromatic heterocycles. The van der Waals surface area contributed by atoms with Crippen LogP contribution in [0.15, 0.2) is 95.4 Å². The monoisotopic (exact) mass is 392 g/mol. The first kappa shape index (κ1) is 16.3.